The minimum Gasteiger partial charge on any atom is -0.394 e. The summed E-state index contributed by atoms with van der Waals surface area (Å²) in [6, 6.07) is 0. The molecule has 20 heavy (non-hydrogen) atoms. The van der Waals surface area contributed by atoms with Crippen LogP contribution in [0, 0.1) is 0 Å². The molecule has 1 unspecified atom stereocenters. The van der Waals surface area contributed by atoms with Crippen LogP contribution in [0.1, 0.15) is 13.8 Å². The molecule has 0 spiro atoms. The summed E-state index contributed by atoms with van der Waals surface area (Å²) in [5.74, 6) is 1.17. The molecule has 3 heterocycles. The smallest absolute Gasteiger partial charge is 0.180 e. The van der Waals surface area contributed by atoms with Gasteiger partial charge >= 0.3 is 0 Å². The average molecular weight is 277 g/mol. The summed E-state index contributed by atoms with van der Waals surface area (Å²) in [5.41, 5.74) is 6.26. The van der Waals surface area contributed by atoms with Crippen molar-refractivity contribution in [3.05, 3.63) is 18.6 Å². The number of hydrogen-bond acceptors (Lipinski definition) is 6. The second-order valence-electron chi connectivity index (χ2n) is 5.71. The highest BCUT2D eigenvalue weighted by Gasteiger charge is 2.34. The number of imidazole rings is 1. The summed E-state index contributed by atoms with van der Waals surface area (Å²) in [6.45, 7) is 5.21. The number of rotatable bonds is 2. The predicted octanol–water partition coefficient (Wildman–Crippen LogP) is 0.288. The highest BCUT2D eigenvalue weighted by atomic mass is 16.5. The summed E-state index contributed by atoms with van der Waals surface area (Å²) in [7, 11) is 0. The van der Waals surface area contributed by atoms with Crippen molar-refractivity contribution < 1.29 is 9.84 Å². The molecule has 0 aliphatic carbocycles. The van der Waals surface area contributed by atoms with Gasteiger partial charge in [-0.15, -0.1) is 0 Å². The van der Waals surface area contributed by atoms with E-state index in [4.69, 9.17) is 10.5 Å². The van der Waals surface area contributed by atoms with Crippen molar-refractivity contribution in [2.75, 3.05) is 30.3 Å². The normalized spacial score (nSPS) is 22.4. The molecule has 2 aromatic rings. The highest BCUT2D eigenvalue weighted by Crippen LogP contribution is 2.27. The fourth-order valence-electron chi connectivity index (χ4n) is 2.70. The molecule has 1 aliphatic heterocycles. The number of nitrogens with zero attached hydrogens (tertiary/aromatic N) is 4. The standard InChI is InChI=1S/C13H19N5O2/c1-13(2)8-18(5-9(7-19)20-13)12-11-15-3-4-17(11)6-10(14)16-12/h3-4,6,9,19H,5,7-8,14H2,1-2H3. The third kappa shape index (κ3) is 2.30. The molecule has 0 bridgehead atoms. The van der Waals surface area contributed by atoms with Gasteiger partial charge < -0.3 is 24.9 Å². The summed E-state index contributed by atoms with van der Waals surface area (Å²) in [4.78, 5) is 10.8. The van der Waals surface area contributed by atoms with E-state index in [1.54, 1.807) is 12.4 Å². The third-order valence-corrected chi connectivity index (χ3v) is 3.36. The lowest BCUT2D eigenvalue weighted by atomic mass is 10.1. The van der Waals surface area contributed by atoms with E-state index in [-0.39, 0.29) is 18.3 Å². The number of fused-ring (bicyclic) bond motifs is 1. The van der Waals surface area contributed by atoms with Gasteiger partial charge in [0, 0.05) is 25.5 Å². The van der Waals surface area contributed by atoms with E-state index in [2.05, 4.69) is 14.9 Å². The molecule has 1 atom stereocenters. The van der Waals surface area contributed by atoms with Crippen molar-refractivity contribution >= 4 is 17.3 Å². The van der Waals surface area contributed by atoms with Crippen molar-refractivity contribution in [2.24, 2.45) is 0 Å². The summed E-state index contributed by atoms with van der Waals surface area (Å²) < 4.78 is 7.68. The second-order valence-corrected chi connectivity index (χ2v) is 5.71. The lowest BCUT2D eigenvalue weighted by Crippen LogP contribution is -2.54. The van der Waals surface area contributed by atoms with Gasteiger partial charge in [0.1, 0.15) is 5.82 Å². The van der Waals surface area contributed by atoms with Crippen LogP contribution in [-0.4, -0.2) is 50.9 Å². The number of aliphatic hydroxyl groups excluding tert-OH is 1. The quantitative estimate of drug-likeness (QED) is 0.820. The Morgan fingerprint density at radius 2 is 2.35 bits per heavy atom. The van der Waals surface area contributed by atoms with Crippen molar-refractivity contribution in [1.82, 2.24) is 14.4 Å². The molecule has 3 N–H and O–H groups in total. The van der Waals surface area contributed by atoms with Crippen molar-refractivity contribution in [3.8, 4) is 0 Å². The number of aromatic nitrogens is 3. The first-order valence-corrected chi connectivity index (χ1v) is 6.61. The zero-order valence-corrected chi connectivity index (χ0v) is 11.7. The van der Waals surface area contributed by atoms with Crippen LogP contribution in [0.4, 0.5) is 11.6 Å². The molecule has 7 heteroatoms. The molecule has 108 valence electrons. The Morgan fingerprint density at radius 1 is 1.55 bits per heavy atom. The van der Waals surface area contributed by atoms with Crippen molar-refractivity contribution in [2.45, 2.75) is 25.6 Å². The van der Waals surface area contributed by atoms with E-state index in [9.17, 15) is 5.11 Å². The van der Waals surface area contributed by atoms with Gasteiger partial charge in [0.2, 0.25) is 0 Å². The van der Waals surface area contributed by atoms with Gasteiger partial charge in [-0.3, -0.25) is 0 Å². The summed E-state index contributed by atoms with van der Waals surface area (Å²) in [5, 5.41) is 9.40. The molecule has 1 aliphatic rings. The molecule has 7 nitrogen and oxygen atoms in total. The zero-order valence-electron chi connectivity index (χ0n) is 11.7. The van der Waals surface area contributed by atoms with Crippen LogP contribution in [0.3, 0.4) is 0 Å². The van der Waals surface area contributed by atoms with Gasteiger partial charge in [0.25, 0.3) is 0 Å². The Morgan fingerprint density at radius 3 is 3.10 bits per heavy atom. The van der Waals surface area contributed by atoms with Crippen LogP contribution in [0.2, 0.25) is 0 Å². The number of nitrogens with two attached hydrogens (primary N) is 1. The van der Waals surface area contributed by atoms with Crippen molar-refractivity contribution in [3.63, 3.8) is 0 Å². The van der Waals surface area contributed by atoms with Crippen LogP contribution in [0.15, 0.2) is 18.6 Å². The predicted molar refractivity (Wildman–Crippen MR) is 75.7 cm³/mol. The zero-order chi connectivity index (χ0) is 14.3. The Balaban J connectivity index is 2.03. The molecular formula is C13H19N5O2. The fraction of sp³-hybridized carbons (Fsp3) is 0.538. The molecule has 0 amide bonds. The summed E-state index contributed by atoms with van der Waals surface area (Å²) >= 11 is 0. The Kier molecular flexibility index (Phi) is 3.02. The number of nitrogen functional groups attached to an aromatic ring is 1. The molecular weight excluding hydrogens is 258 g/mol. The Hall–Kier alpha value is -1.86. The maximum Gasteiger partial charge on any atom is 0.180 e. The molecule has 1 fully saturated rings. The number of ether oxygens (including phenoxy) is 1. The minimum absolute atomic E-state index is 0.0209. The number of hydrogen-bond donors (Lipinski definition) is 2. The lowest BCUT2D eigenvalue weighted by molar-refractivity contribution is -0.101. The van der Waals surface area contributed by atoms with Crippen LogP contribution in [-0.2, 0) is 4.74 Å². The van der Waals surface area contributed by atoms with E-state index in [0.29, 0.717) is 18.9 Å². The SMILES string of the molecule is CC1(C)CN(c2nc(N)cn3ccnc23)CC(CO)O1. The van der Waals surface area contributed by atoms with Crippen LogP contribution in [0.25, 0.3) is 5.65 Å². The lowest BCUT2D eigenvalue weighted by Gasteiger charge is -2.42. The molecule has 3 rings (SSSR count). The first-order valence-electron chi connectivity index (χ1n) is 6.61. The molecule has 0 saturated carbocycles. The average Bonchev–Trinajstić information content (AvgIpc) is 2.83. The topological polar surface area (TPSA) is 88.9 Å². The summed E-state index contributed by atoms with van der Waals surface area (Å²) in [6.07, 6.45) is 5.05. The van der Waals surface area contributed by atoms with E-state index >= 15 is 0 Å². The number of anilines is 2. The van der Waals surface area contributed by atoms with Gasteiger partial charge in [0.05, 0.1) is 24.5 Å². The van der Waals surface area contributed by atoms with Gasteiger partial charge in [-0.1, -0.05) is 0 Å². The largest absolute Gasteiger partial charge is 0.394 e. The monoisotopic (exact) mass is 277 g/mol. The van der Waals surface area contributed by atoms with Crippen LogP contribution >= 0.6 is 0 Å². The fourth-order valence-corrected chi connectivity index (χ4v) is 2.70. The second kappa shape index (κ2) is 4.60. The van der Waals surface area contributed by atoms with E-state index in [1.807, 2.05) is 24.4 Å². The number of aliphatic hydroxyl groups is 1. The molecule has 2 aromatic heterocycles. The van der Waals surface area contributed by atoms with Crippen molar-refractivity contribution in [1.29, 1.82) is 0 Å². The maximum atomic E-state index is 9.40. The van der Waals surface area contributed by atoms with E-state index in [1.165, 1.54) is 0 Å². The molecule has 0 aromatic carbocycles. The van der Waals surface area contributed by atoms with Gasteiger partial charge in [0.15, 0.2) is 11.5 Å². The minimum atomic E-state index is -0.360. The van der Waals surface area contributed by atoms with Gasteiger partial charge in [-0.05, 0) is 13.8 Å². The van der Waals surface area contributed by atoms with E-state index < -0.39 is 0 Å². The van der Waals surface area contributed by atoms with Gasteiger partial charge in [-0.25, -0.2) is 9.97 Å². The molecule has 1 saturated heterocycles. The van der Waals surface area contributed by atoms with E-state index in [0.717, 1.165) is 11.5 Å². The third-order valence-electron chi connectivity index (χ3n) is 3.36. The first kappa shape index (κ1) is 13.1. The highest BCUT2D eigenvalue weighted by molar-refractivity contribution is 5.66. The molecule has 0 radical (unpaired) electrons. The Labute approximate surface area is 117 Å². The van der Waals surface area contributed by atoms with Crippen LogP contribution < -0.4 is 10.6 Å². The van der Waals surface area contributed by atoms with Gasteiger partial charge in [-0.2, -0.15) is 0 Å². The maximum absolute atomic E-state index is 9.40. The van der Waals surface area contributed by atoms with Crippen LogP contribution in [0.5, 0.6) is 0 Å². The first-order chi connectivity index (χ1) is 9.48. The Bertz CT molecular complexity index is 624. The number of morpholine rings is 1.